The lowest BCUT2D eigenvalue weighted by Crippen LogP contribution is -1.99. The van der Waals surface area contributed by atoms with Crippen molar-refractivity contribution in [3.8, 4) is 45.2 Å². The van der Waals surface area contributed by atoms with Gasteiger partial charge in [-0.3, -0.25) is 0 Å². The van der Waals surface area contributed by atoms with Gasteiger partial charge in [-0.2, -0.15) is 0 Å². The van der Waals surface area contributed by atoms with Gasteiger partial charge in [0.05, 0.1) is 33.7 Å². The molecule has 5 heteroatoms. The summed E-state index contributed by atoms with van der Waals surface area (Å²) in [5, 5.41) is 2.38. The predicted octanol–water partition coefficient (Wildman–Crippen LogP) is 9.20. The molecule has 3 aromatic heterocycles. The molecule has 0 radical (unpaired) electrons. The van der Waals surface area contributed by atoms with Crippen molar-refractivity contribution in [3.05, 3.63) is 132 Å². The molecule has 7 rings (SSSR count). The zero-order valence-corrected chi connectivity index (χ0v) is 22.5. The Labute approximate surface area is 237 Å². The zero-order chi connectivity index (χ0) is 27.1. The number of halogens is 1. The summed E-state index contributed by atoms with van der Waals surface area (Å²) in [6, 6.07) is 40.7. The number of fused-ring (bicyclic) bond motifs is 3. The van der Waals surface area contributed by atoms with Crippen LogP contribution in [-0.2, 0) is 0 Å². The molecule has 0 aliphatic heterocycles. The van der Waals surface area contributed by atoms with Crippen molar-refractivity contribution >= 4 is 33.4 Å². The van der Waals surface area contributed by atoms with Gasteiger partial charge >= 0.3 is 0 Å². The molecule has 40 heavy (non-hydrogen) atoms. The Bertz CT molecular complexity index is 2000. The normalized spacial score (nSPS) is 11.2. The predicted molar refractivity (Wildman–Crippen MR) is 164 cm³/mol. The second kappa shape index (κ2) is 9.99. The van der Waals surface area contributed by atoms with Crippen molar-refractivity contribution in [2.45, 2.75) is 6.92 Å². The maximum atomic E-state index is 6.97. The zero-order valence-electron chi connectivity index (χ0n) is 21.7. The molecular formula is C35H23ClN4. The van der Waals surface area contributed by atoms with Gasteiger partial charge in [0.15, 0.2) is 5.82 Å². The van der Waals surface area contributed by atoms with E-state index in [1.54, 1.807) is 0 Å². The maximum Gasteiger partial charge on any atom is 0.161 e. The van der Waals surface area contributed by atoms with Crippen LogP contribution in [0.5, 0.6) is 0 Å². The highest BCUT2D eigenvalue weighted by molar-refractivity contribution is 6.33. The fourth-order valence-electron chi connectivity index (χ4n) is 4.97. The van der Waals surface area contributed by atoms with Gasteiger partial charge < -0.3 is 0 Å². The first-order chi connectivity index (χ1) is 19.6. The second-order valence-corrected chi connectivity index (χ2v) is 10.1. The number of pyridine rings is 2. The summed E-state index contributed by atoms with van der Waals surface area (Å²) < 4.78 is 0. The van der Waals surface area contributed by atoms with Crippen molar-refractivity contribution in [1.29, 1.82) is 0 Å². The SMILES string of the molecule is Cc1ccc(-c2nc(Cl)c(-c3ccc4ccc5ccc(-c6ccccc6)nc5c4n3)c(-c3ccccc3)n2)cc1. The monoisotopic (exact) mass is 534 g/mol. The topological polar surface area (TPSA) is 51.6 Å². The highest BCUT2D eigenvalue weighted by Crippen LogP contribution is 2.38. The molecule has 0 bridgehead atoms. The molecule has 0 saturated carbocycles. The third kappa shape index (κ3) is 4.39. The van der Waals surface area contributed by atoms with Gasteiger partial charge in [0.25, 0.3) is 0 Å². The van der Waals surface area contributed by atoms with Gasteiger partial charge in [-0.15, -0.1) is 0 Å². The summed E-state index contributed by atoms with van der Waals surface area (Å²) in [5.41, 5.74) is 8.78. The molecule has 0 saturated heterocycles. The van der Waals surface area contributed by atoms with Gasteiger partial charge in [-0.05, 0) is 19.1 Å². The molecule has 7 aromatic rings. The Kier molecular flexibility index (Phi) is 6.03. The molecule has 0 unspecified atom stereocenters. The van der Waals surface area contributed by atoms with E-state index in [4.69, 9.17) is 31.5 Å². The Morgan fingerprint density at radius 3 is 1.68 bits per heavy atom. The van der Waals surface area contributed by atoms with E-state index in [1.807, 2.05) is 66.7 Å². The van der Waals surface area contributed by atoms with Crippen molar-refractivity contribution < 1.29 is 0 Å². The average Bonchev–Trinajstić information content (AvgIpc) is 3.01. The second-order valence-electron chi connectivity index (χ2n) is 9.76. The lowest BCUT2D eigenvalue weighted by Gasteiger charge is -2.14. The summed E-state index contributed by atoms with van der Waals surface area (Å²) >= 11 is 6.97. The Morgan fingerprint density at radius 1 is 0.475 bits per heavy atom. The minimum absolute atomic E-state index is 0.356. The molecule has 0 spiro atoms. The van der Waals surface area contributed by atoms with Crippen LogP contribution in [-0.4, -0.2) is 19.9 Å². The van der Waals surface area contributed by atoms with Crippen LogP contribution >= 0.6 is 11.6 Å². The molecule has 0 aliphatic carbocycles. The van der Waals surface area contributed by atoms with Crippen molar-refractivity contribution in [2.75, 3.05) is 0 Å². The average molecular weight is 535 g/mol. The minimum Gasteiger partial charge on any atom is -0.245 e. The van der Waals surface area contributed by atoms with Crippen LogP contribution in [0.4, 0.5) is 0 Å². The Morgan fingerprint density at radius 2 is 1.02 bits per heavy atom. The number of benzene rings is 4. The molecule has 4 nitrogen and oxygen atoms in total. The minimum atomic E-state index is 0.356. The highest BCUT2D eigenvalue weighted by Gasteiger charge is 2.19. The first-order valence-electron chi connectivity index (χ1n) is 13.1. The van der Waals surface area contributed by atoms with Crippen LogP contribution in [0.2, 0.25) is 5.15 Å². The number of aromatic nitrogens is 4. The van der Waals surface area contributed by atoms with Gasteiger partial charge in [0.2, 0.25) is 0 Å². The number of hydrogen-bond acceptors (Lipinski definition) is 4. The summed E-state index contributed by atoms with van der Waals surface area (Å²) in [6.07, 6.45) is 0. The molecule has 3 heterocycles. The lowest BCUT2D eigenvalue weighted by molar-refractivity contribution is 1.17. The summed E-state index contributed by atoms with van der Waals surface area (Å²) in [5.74, 6) is 0.577. The molecule has 4 aromatic carbocycles. The van der Waals surface area contributed by atoms with Crippen LogP contribution in [0.3, 0.4) is 0 Å². The number of hydrogen-bond donors (Lipinski definition) is 0. The van der Waals surface area contributed by atoms with Crippen molar-refractivity contribution in [1.82, 2.24) is 19.9 Å². The van der Waals surface area contributed by atoms with Crippen LogP contribution in [0.1, 0.15) is 5.56 Å². The van der Waals surface area contributed by atoms with E-state index in [9.17, 15) is 0 Å². The summed E-state index contributed by atoms with van der Waals surface area (Å²) in [4.78, 5) is 19.9. The molecule has 0 N–H and O–H groups in total. The number of rotatable bonds is 4. The van der Waals surface area contributed by atoms with Crippen LogP contribution in [0, 0.1) is 6.92 Å². The lowest BCUT2D eigenvalue weighted by atomic mass is 10.0. The van der Waals surface area contributed by atoms with Gasteiger partial charge in [0.1, 0.15) is 5.15 Å². The molecular weight excluding hydrogens is 512 g/mol. The highest BCUT2D eigenvalue weighted by atomic mass is 35.5. The van der Waals surface area contributed by atoms with Crippen LogP contribution in [0.25, 0.3) is 67.0 Å². The molecule has 0 amide bonds. The Balaban J connectivity index is 1.46. The van der Waals surface area contributed by atoms with E-state index in [1.165, 1.54) is 5.56 Å². The molecule has 0 fully saturated rings. The first kappa shape index (κ1) is 24.1. The van der Waals surface area contributed by atoms with Gasteiger partial charge in [-0.1, -0.05) is 126 Å². The van der Waals surface area contributed by atoms with Crippen LogP contribution < -0.4 is 0 Å². The van der Waals surface area contributed by atoms with Gasteiger partial charge in [0, 0.05) is 27.5 Å². The standard InChI is InChI=1S/C35H23ClN4/c1-22-12-14-27(15-13-22)35-39-31(24-10-6-3-7-11-24)30(34(36)40-35)29-21-19-26-17-16-25-18-20-28(23-8-4-2-5-9-23)37-32(25)33(26)38-29/h2-21H,1H3. The van der Waals surface area contributed by atoms with E-state index in [-0.39, 0.29) is 0 Å². The third-order valence-electron chi connectivity index (χ3n) is 7.07. The van der Waals surface area contributed by atoms with Gasteiger partial charge in [-0.25, -0.2) is 19.9 Å². The Hall–Kier alpha value is -4.93. The molecule has 0 atom stereocenters. The van der Waals surface area contributed by atoms with E-state index in [0.29, 0.717) is 22.2 Å². The largest absolute Gasteiger partial charge is 0.245 e. The fraction of sp³-hybridized carbons (Fsp3) is 0.0286. The summed E-state index contributed by atoms with van der Waals surface area (Å²) in [7, 11) is 0. The third-order valence-corrected chi connectivity index (χ3v) is 7.34. The fourth-order valence-corrected chi connectivity index (χ4v) is 5.24. The molecule has 0 aliphatic rings. The first-order valence-corrected chi connectivity index (χ1v) is 13.5. The van der Waals surface area contributed by atoms with Crippen molar-refractivity contribution in [3.63, 3.8) is 0 Å². The van der Waals surface area contributed by atoms with E-state index < -0.39 is 0 Å². The summed E-state index contributed by atoms with van der Waals surface area (Å²) in [6.45, 7) is 2.06. The van der Waals surface area contributed by atoms with E-state index in [0.717, 1.165) is 49.9 Å². The maximum absolute atomic E-state index is 6.97. The number of aryl methyl sites for hydroxylation is 1. The van der Waals surface area contributed by atoms with Crippen LogP contribution in [0.15, 0.2) is 121 Å². The number of nitrogens with zero attached hydrogens (tertiary/aromatic N) is 4. The van der Waals surface area contributed by atoms with Crippen molar-refractivity contribution in [2.24, 2.45) is 0 Å². The van der Waals surface area contributed by atoms with E-state index >= 15 is 0 Å². The van der Waals surface area contributed by atoms with E-state index in [2.05, 4.69) is 61.5 Å². The molecule has 190 valence electrons. The quantitative estimate of drug-likeness (QED) is 0.167. The smallest absolute Gasteiger partial charge is 0.161 e.